The summed E-state index contributed by atoms with van der Waals surface area (Å²) in [5, 5.41) is 9.34. The van der Waals surface area contributed by atoms with E-state index in [0.717, 1.165) is 27.7 Å². The zero-order chi connectivity index (χ0) is 16.4. The van der Waals surface area contributed by atoms with Gasteiger partial charge in [-0.15, -0.1) is 11.3 Å². The van der Waals surface area contributed by atoms with Crippen molar-refractivity contribution < 1.29 is 9.21 Å². The molecule has 0 radical (unpaired) electrons. The lowest BCUT2D eigenvalue weighted by Crippen LogP contribution is -2.37. The summed E-state index contributed by atoms with van der Waals surface area (Å²) in [4.78, 5) is 12.6. The number of rotatable bonds is 5. The van der Waals surface area contributed by atoms with Crippen LogP contribution in [0.3, 0.4) is 0 Å². The van der Waals surface area contributed by atoms with Crippen LogP contribution in [0.5, 0.6) is 0 Å². The number of thiophene rings is 1. The van der Waals surface area contributed by atoms with Gasteiger partial charge in [0.15, 0.2) is 5.76 Å². The number of aromatic nitrogens is 2. The fourth-order valence-corrected chi connectivity index (χ4v) is 2.99. The highest BCUT2D eigenvalue weighted by Crippen LogP contribution is 2.26. The van der Waals surface area contributed by atoms with Gasteiger partial charge < -0.3 is 15.5 Å². The van der Waals surface area contributed by atoms with E-state index in [4.69, 9.17) is 10.2 Å². The molecule has 3 rings (SSSR count). The van der Waals surface area contributed by atoms with Gasteiger partial charge in [0.05, 0.1) is 30.2 Å². The van der Waals surface area contributed by atoms with Crippen LogP contribution in [-0.4, -0.2) is 21.7 Å². The van der Waals surface area contributed by atoms with Crippen LogP contribution in [0.25, 0.3) is 17.1 Å². The van der Waals surface area contributed by atoms with Crippen molar-refractivity contribution in [1.29, 1.82) is 0 Å². The number of carbonyl (C=O) groups is 1. The van der Waals surface area contributed by atoms with E-state index in [0.29, 0.717) is 6.54 Å². The molecule has 1 atom stereocenters. The van der Waals surface area contributed by atoms with Gasteiger partial charge in [0.1, 0.15) is 5.69 Å². The molecule has 3 N–H and O–H groups in total. The summed E-state index contributed by atoms with van der Waals surface area (Å²) < 4.78 is 7.33. The molecule has 0 unspecified atom stereocenters. The lowest BCUT2D eigenvalue weighted by Gasteiger charge is -2.05. The van der Waals surface area contributed by atoms with Crippen LogP contribution in [0.1, 0.15) is 17.5 Å². The third kappa shape index (κ3) is 3.35. The topological polar surface area (TPSA) is 86.1 Å². The predicted octanol–water partition coefficient (Wildman–Crippen LogP) is 2.47. The van der Waals surface area contributed by atoms with Crippen LogP contribution in [0, 0.1) is 6.92 Å². The highest BCUT2D eigenvalue weighted by molar-refractivity contribution is 7.10. The molecule has 0 saturated heterocycles. The van der Waals surface area contributed by atoms with Crippen molar-refractivity contribution in [3.05, 3.63) is 46.5 Å². The van der Waals surface area contributed by atoms with E-state index in [-0.39, 0.29) is 5.91 Å². The lowest BCUT2D eigenvalue weighted by molar-refractivity contribution is -0.122. The maximum absolute atomic E-state index is 11.5. The average Bonchev–Trinajstić information content (AvgIpc) is 3.24. The van der Waals surface area contributed by atoms with Crippen molar-refractivity contribution in [2.24, 2.45) is 5.73 Å². The van der Waals surface area contributed by atoms with Gasteiger partial charge in [0.25, 0.3) is 0 Å². The Morgan fingerprint density at radius 1 is 1.52 bits per heavy atom. The second-order valence-corrected chi connectivity index (χ2v) is 6.33. The third-order valence-corrected chi connectivity index (χ3v) is 4.26. The van der Waals surface area contributed by atoms with Gasteiger partial charge in [-0.05, 0) is 38.1 Å². The highest BCUT2D eigenvalue weighted by atomic mass is 32.1. The molecule has 3 aromatic rings. The second kappa shape index (κ2) is 6.39. The summed E-state index contributed by atoms with van der Waals surface area (Å²) in [7, 11) is 0. The molecule has 0 aliphatic rings. The zero-order valence-corrected chi connectivity index (χ0v) is 13.8. The average molecular weight is 330 g/mol. The first kappa shape index (κ1) is 15.5. The number of nitrogens with zero attached hydrogens (tertiary/aromatic N) is 2. The van der Waals surface area contributed by atoms with E-state index in [1.54, 1.807) is 24.5 Å². The van der Waals surface area contributed by atoms with Crippen LogP contribution >= 0.6 is 11.3 Å². The number of furan rings is 1. The van der Waals surface area contributed by atoms with Crippen molar-refractivity contribution in [1.82, 2.24) is 15.1 Å². The van der Waals surface area contributed by atoms with Gasteiger partial charge in [-0.3, -0.25) is 4.79 Å². The maximum Gasteiger partial charge on any atom is 0.236 e. The first-order valence-corrected chi connectivity index (χ1v) is 8.14. The molecule has 0 saturated carbocycles. The molecule has 23 heavy (non-hydrogen) atoms. The summed E-state index contributed by atoms with van der Waals surface area (Å²) in [5.74, 6) is 0.606. The zero-order valence-electron chi connectivity index (χ0n) is 12.9. The molecule has 6 nitrogen and oxygen atoms in total. The number of nitrogens with two attached hydrogens (primary N) is 1. The Kier molecular flexibility index (Phi) is 4.31. The predicted molar refractivity (Wildman–Crippen MR) is 89.4 cm³/mol. The summed E-state index contributed by atoms with van der Waals surface area (Å²) in [6, 6.07) is 7.24. The van der Waals surface area contributed by atoms with Gasteiger partial charge in [-0.2, -0.15) is 5.10 Å². The van der Waals surface area contributed by atoms with E-state index < -0.39 is 6.04 Å². The number of hydrogen-bond donors (Lipinski definition) is 2. The molecule has 7 heteroatoms. The largest absolute Gasteiger partial charge is 0.463 e. The van der Waals surface area contributed by atoms with Crippen molar-refractivity contribution in [3.8, 4) is 17.1 Å². The first-order valence-electron chi connectivity index (χ1n) is 7.26. The van der Waals surface area contributed by atoms with Crippen molar-refractivity contribution >= 4 is 17.2 Å². The minimum absolute atomic E-state index is 0.161. The molecule has 0 bridgehead atoms. The van der Waals surface area contributed by atoms with Crippen LogP contribution in [0.2, 0.25) is 0 Å². The van der Waals surface area contributed by atoms with Crippen LogP contribution in [0.4, 0.5) is 0 Å². The van der Waals surface area contributed by atoms with Crippen LogP contribution < -0.4 is 11.1 Å². The fourth-order valence-electron chi connectivity index (χ4n) is 2.20. The molecule has 3 heterocycles. The van der Waals surface area contributed by atoms with Gasteiger partial charge in [-0.1, -0.05) is 0 Å². The van der Waals surface area contributed by atoms with Crippen LogP contribution in [0.15, 0.2) is 40.3 Å². The van der Waals surface area contributed by atoms with Gasteiger partial charge in [-0.25, -0.2) is 4.68 Å². The molecular formula is C16H18N4O2S. The van der Waals surface area contributed by atoms with E-state index in [9.17, 15) is 4.79 Å². The number of hydrogen-bond acceptors (Lipinski definition) is 5. The number of amides is 1. The Labute approximate surface area is 137 Å². The Bertz CT molecular complexity index is 802. The molecule has 0 aliphatic heterocycles. The summed E-state index contributed by atoms with van der Waals surface area (Å²) in [6.07, 6.45) is 1.64. The molecule has 120 valence electrons. The van der Waals surface area contributed by atoms with E-state index in [1.807, 2.05) is 41.3 Å². The Balaban J connectivity index is 1.82. The number of nitrogens with one attached hydrogen (secondary N) is 1. The summed E-state index contributed by atoms with van der Waals surface area (Å²) in [5.41, 5.74) is 8.30. The van der Waals surface area contributed by atoms with Crippen molar-refractivity contribution in [2.75, 3.05) is 0 Å². The minimum Gasteiger partial charge on any atom is -0.463 e. The standard InChI is InChI=1S/C16H18N4O2S/c1-10-6-14(15-4-3-5-22-15)20(19-10)12-7-13(23-9-12)8-18-16(21)11(2)17/h3-7,9,11H,8,17H2,1-2H3,(H,18,21)/t11-/m0/s1. The third-order valence-electron chi connectivity index (χ3n) is 3.34. The molecule has 3 aromatic heterocycles. The SMILES string of the molecule is Cc1cc(-c2ccco2)n(-c2csc(CNC(=O)[C@H](C)N)c2)n1. The molecule has 0 spiro atoms. The molecule has 0 fully saturated rings. The molecular weight excluding hydrogens is 312 g/mol. The van der Waals surface area contributed by atoms with Crippen molar-refractivity contribution in [3.63, 3.8) is 0 Å². The maximum atomic E-state index is 11.5. The quantitative estimate of drug-likeness (QED) is 0.752. The van der Waals surface area contributed by atoms with E-state index in [2.05, 4.69) is 10.4 Å². The molecule has 0 aromatic carbocycles. The highest BCUT2D eigenvalue weighted by Gasteiger charge is 2.14. The van der Waals surface area contributed by atoms with Crippen LogP contribution in [-0.2, 0) is 11.3 Å². The Morgan fingerprint density at radius 2 is 2.35 bits per heavy atom. The monoisotopic (exact) mass is 330 g/mol. The molecule has 0 aliphatic carbocycles. The minimum atomic E-state index is -0.506. The van der Waals surface area contributed by atoms with Gasteiger partial charge in [0.2, 0.25) is 5.91 Å². The fraction of sp³-hybridized carbons (Fsp3) is 0.250. The van der Waals surface area contributed by atoms with Gasteiger partial charge >= 0.3 is 0 Å². The number of carbonyl (C=O) groups excluding carboxylic acids is 1. The van der Waals surface area contributed by atoms with Gasteiger partial charge in [0, 0.05) is 10.3 Å². The summed E-state index contributed by atoms with van der Waals surface area (Å²) in [6.45, 7) is 4.07. The first-order chi connectivity index (χ1) is 11.0. The Hall–Kier alpha value is -2.38. The number of aryl methyl sites for hydroxylation is 1. The Morgan fingerprint density at radius 3 is 3.04 bits per heavy atom. The normalized spacial score (nSPS) is 12.3. The van der Waals surface area contributed by atoms with E-state index >= 15 is 0 Å². The lowest BCUT2D eigenvalue weighted by atomic mass is 10.3. The van der Waals surface area contributed by atoms with Crippen molar-refractivity contribution in [2.45, 2.75) is 26.4 Å². The second-order valence-electron chi connectivity index (χ2n) is 5.34. The molecule has 1 amide bonds. The van der Waals surface area contributed by atoms with E-state index in [1.165, 1.54) is 0 Å². The smallest absolute Gasteiger partial charge is 0.236 e. The summed E-state index contributed by atoms with van der Waals surface area (Å²) >= 11 is 1.57.